The molecular formula is C9H15N7. The lowest BCUT2D eigenvalue weighted by atomic mass is 10.1. The maximum absolute atomic E-state index is 6.06. The summed E-state index contributed by atoms with van der Waals surface area (Å²) in [6.07, 6.45) is 4.06. The molecular weight excluding hydrogens is 206 g/mol. The van der Waals surface area contributed by atoms with Crippen molar-refractivity contribution in [1.82, 2.24) is 24.7 Å². The van der Waals surface area contributed by atoms with Crippen LogP contribution in [0.15, 0.2) is 12.5 Å². The van der Waals surface area contributed by atoms with Gasteiger partial charge in [0.2, 0.25) is 5.95 Å². The van der Waals surface area contributed by atoms with E-state index in [0.29, 0.717) is 12.4 Å². The van der Waals surface area contributed by atoms with Gasteiger partial charge in [-0.3, -0.25) is 4.57 Å². The summed E-state index contributed by atoms with van der Waals surface area (Å²) in [5, 5.41) is 11.0. The molecule has 2 aromatic rings. The highest BCUT2D eigenvalue weighted by atomic mass is 15.3. The van der Waals surface area contributed by atoms with Crippen molar-refractivity contribution in [3.05, 3.63) is 24.0 Å². The summed E-state index contributed by atoms with van der Waals surface area (Å²) < 4.78 is 1.85. The molecule has 7 nitrogen and oxygen atoms in total. The molecule has 7 heteroatoms. The average Bonchev–Trinajstić information content (AvgIpc) is 2.87. The van der Waals surface area contributed by atoms with E-state index in [0.717, 1.165) is 11.5 Å². The van der Waals surface area contributed by atoms with Crippen molar-refractivity contribution in [1.29, 1.82) is 0 Å². The standard InChI is InChI=1S/C9H15N7/c1-11-9-15-14-8(16(9)2)7(10)3-6-4-12-5-13-6/h4-5,7H,3,10H2,1-2H3,(H,11,15)(H,12,13)/t7-/m0/s1. The fraction of sp³-hybridized carbons (Fsp3) is 0.444. The van der Waals surface area contributed by atoms with Crippen molar-refractivity contribution in [3.63, 3.8) is 0 Å². The van der Waals surface area contributed by atoms with Gasteiger partial charge in [-0.15, -0.1) is 10.2 Å². The van der Waals surface area contributed by atoms with E-state index < -0.39 is 0 Å². The van der Waals surface area contributed by atoms with E-state index in [1.54, 1.807) is 19.6 Å². The van der Waals surface area contributed by atoms with E-state index in [2.05, 4.69) is 25.5 Å². The van der Waals surface area contributed by atoms with Crippen LogP contribution in [0, 0.1) is 0 Å². The van der Waals surface area contributed by atoms with Gasteiger partial charge in [-0.25, -0.2) is 4.98 Å². The number of rotatable bonds is 4. The van der Waals surface area contributed by atoms with Crippen LogP contribution >= 0.6 is 0 Å². The van der Waals surface area contributed by atoms with E-state index >= 15 is 0 Å². The molecule has 0 saturated heterocycles. The Morgan fingerprint density at radius 3 is 2.94 bits per heavy atom. The van der Waals surface area contributed by atoms with Gasteiger partial charge in [0, 0.05) is 32.4 Å². The molecule has 2 heterocycles. The summed E-state index contributed by atoms with van der Waals surface area (Å²) in [4.78, 5) is 6.96. The van der Waals surface area contributed by atoms with Crippen molar-refractivity contribution >= 4 is 5.95 Å². The Labute approximate surface area is 93.1 Å². The number of nitrogens with two attached hydrogens (primary N) is 1. The largest absolute Gasteiger partial charge is 0.357 e. The maximum atomic E-state index is 6.06. The molecule has 16 heavy (non-hydrogen) atoms. The second-order valence-corrected chi connectivity index (χ2v) is 3.58. The summed E-state index contributed by atoms with van der Waals surface area (Å²) >= 11 is 0. The number of aromatic amines is 1. The minimum Gasteiger partial charge on any atom is -0.357 e. The first kappa shape index (κ1) is 10.6. The highest BCUT2D eigenvalue weighted by Crippen LogP contribution is 2.14. The third-order valence-corrected chi connectivity index (χ3v) is 2.46. The third-order valence-electron chi connectivity index (χ3n) is 2.46. The topological polar surface area (TPSA) is 97.4 Å². The number of H-pyrrole nitrogens is 1. The monoisotopic (exact) mass is 221 g/mol. The average molecular weight is 221 g/mol. The molecule has 2 rings (SSSR count). The lowest BCUT2D eigenvalue weighted by Gasteiger charge is -2.09. The second kappa shape index (κ2) is 4.31. The van der Waals surface area contributed by atoms with E-state index in [4.69, 9.17) is 5.73 Å². The van der Waals surface area contributed by atoms with Gasteiger partial charge >= 0.3 is 0 Å². The van der Waals surface area contributed by atoms with Crippen molar-refractivity contribution in [2.24, 2.45) is 12.8 Å². The molecule has 0 aliphatic rings. The maximum Gasteiger partial charge on any atom is 0.224 e. The van der Waals surface area contributed by atoms with Crippen LogP contribution in [0.3, 0.4) is 0 Å². The van der Waals surface area contributed by atoms with Crippen molar-refractivity contribution in [2.45, 2.75) is 12.5 Å². The van der Waals surface area contributed by atoms with Crippen LogP contribution in [-0.4, -0.2) is 31.8 Å². The van der Waals surface area contributed by atoms with Gasteiger partial charge in [-0.1, -0.05) is 0 Å². The van der Waals surface area contributed by atoms with E-state index in [1.165, 1.54) is 0 Å². The van der Waals surface area contributed by atoms with Crippen LogP contribution < -0.4 is 11.1 Å². The Bertz CT molecular complexity index is 444. The molecule has 0 unspecified atom stereocenters. The lowest BCUT2D eigenvalue weighted by Crippen LogP contribution is -2.18. The summed E-state index contributed by atoms with van der Waals surface area (Å²) in [7, 11) is 3.68. The van der Waals surface area contributed by atoms with Gasteiger partial charge in [-0.05, 0) is 0 Å². The lowest BCUT2D eigenvalue weighted by molar-refractivity contribution is 0.624. The molecule has 0 fully saturated rings. The summed E-state index contributed by atoms with van der Waals surface area (Å²) in [6, 6.07) is -0.194. The first-order valence-electron chi connectivity index (χ1n) is 5.02. The molecule has 4 N–H and O–H groups in total. The van der Waals surface area contributed by atoms with Gasteiger partial charge in [0.25, 0.3) is 0 Å². The SMILES string of the molecule is CNc1nnc([C@@H](N)Cc2cnc[nH]2)n1C. The van der Waals surface area contributed by atoms with Crippen molar-refractivity contribution in [3.8, 4) is 0 Å². The first-order valence-corrected chi connectivity index (χ1v) is 5.02. The highest BCUT2D eigenvalue weighted by Gasteiger charge is 2.15. The zero-order valence-corrected chi connectivity index (χ0v) is 9.31. The molecule has 0 aromatic carbocycles. The smallest absolute Gasteiger partial charge is 0.224 e. The zero-order chi connectivity index (χ0) is 11.5. The molecule has 0 saturated carbocycles. The zero-order valence-electron chi connectivity index (χ0n) is 9.31. The van der Waals surface area contributed by atoms with Gasteiger partial charge in [0.05, 0.1) is 12.4 Å². The van der Waals surface area contributed by atoms with E-state index in [-0.39, 0.29) is 6.04 Å². The Balaban J connectivity index is 2.14. The molecule has 0 aliphatic carbocycles. The molecule has 0 spiro atoms. The van der Waals surface area contributed by atoms with Crippen LogP contribution in [0.2, 0.25) is 0 Å². The fourth-order valence-electron chi connectivity index (χ4n) is 1.61. The summed E-state index contributed by atoms with van der Waals surface area (Å²) in [6.45, 7) is 0. The minimum atomic E-state index is -0.194. The first-order chi connectivity index (χ1) is 7.72. The summed E-state index contributed by atoms with van der Waals surface area (Å²) in [5.74, 6) is 1.45. The Morgan fingerprint density at radius 2 is 2.38 bits per heavy atom. The molecule has 0 aliphatic heterocycles. The van der Waals surface area contributed by atoms with Crippen molar-refractivity contribution < 1.29 is 0 Å². The van der Waals surface area contributed by atoms with E-state index in [1.807, 2.05) is 11.6 Å². The predicted molar refractivity (Wildman–Crippen MR) is 59.8 cm³/mol. The Kier molecular flexibility index (Phi) is 2.86. The molecule has 2 aromatic heterocycles. The Hall–Kier alpha value is -1.89. The van der Waals surface area contributed by atoms with Gasteiger partial charge in [0.1, 0.15) is 0 Å². The molecule has 1 atom stereocenters. The summed E-state index contributed by atoms with van der Waals surface area (Å²) in [5.41, 5.74) is 7.04. The number of nitrogens with zero attached hydrogens (tertiary/aromatic N) is 4. The number of anilines is 1. The van der Waals surface area contributed by atoms with Crippen LogP contribution in [0.1, 0.15) is 17.6 Å². The third kappa shape index (κ3) is 1.89. The van der Waals surface area contributed by atoms with Gasteiger partial charge < -0.3 is 16.0 Å². The normalized spacial score (nSPS) is 12.7. The molecule has 0 bridgehead atoms. The van der Waals surface area contributed by atoms with E-state index in [9.17, 15) is 0 Å². The molecule has 86 valence electrons. The number of hydrogen-bond acceptors (Lipinski definition) is 5. The number of aromatic nitrogens is 5. The van der Waals surface area contributed by atoms with Crippen LogP contribution in [0.4, 0.5) is 5.95 Å². The highest BCUT2D eigenvalue weighted by molar-refractivity contribution is 5.25. The molecule has 0 amide bonds. The van der Waals surface area contributed by atoms with Crippen LogP contribution in [-0.2, 0) is 13.5 Å². The van der Waals surface area contributed by atoms with Crippen LogP contribution in [0.25, 0.3) is 0 Å². The quantitative estimate of drug-likeness (QED) is 0.665. The predicted octanol–water partition coefficient (Wildman–Crippen LogP) is -0.178. The second-order valence-electron chi connectivity index (χ2n) is 3.58. The number of hydrogen-bond donors (Lipinski definition) is 3. The van der Waals surface area contributed by atoms with Crippen LogP contribution in [0.5, 0.6) is 0 Å². The Morgan fingerprint density at radius 1 is 1.56 bits per heavy atom. The van der Waals surface area contributed by atoms with Gasteiger partial charge in [0.15, 0.2) is 5.82 Å². The number of imidazole rings is 1. The molecule has 0 radical (unpaired) electrons. The number of nitrogens with one attached hydrogen (secondary N) is 2. The minimum absolute atomic E-state index is 0.194. The fourth-order valence-corrected chi connectivity index (χ4v) is 1.61. The van der Waals surface area contributed by atoms with Crippen molar-refractivity contribution in [2.75, 3.05) is 12.4 Å². The van der Waals surface area contributed by atoms with Gasteiger partial charge in [-0.2, -0.15) is 0 Å².